The Morgan fingerprint density at radius 3 is 2.74 bits per heavy atom. The van der Waals surface area contributed by atoms with Crippen LogP contribution in [0.25, 0.3) is 0 Å². The molecule has 130 valence electrons. The van der Waals surface area contributed by atoms with Crippen LogP contribution in [0.5, 0.6) is 0 Å². The van der Waals surface area contributed by atoms with E-state index in [2.05, 4.69) is 11.9 Å². The number of carbonyl (C=O) groups excluding carboxylic acids is 2. The summed E-state index contributed by atoms with van der Waals surface area (Å²) in [6.07, 6.45) is 8.00. The molecule has 2 amide bonds. The second-order valence-electron chi connectivity index (χ2n) is 7.40. The number of allylic oxidation sites excluding steroid dienone is 1. The van der Waals surface area contributed by atoms with Crippen LogP contribution in [0.15, 0.2) is 12.2 Å². The fourth-order valence-electron chi connectivity index (χ4n) is 4.06. The number of hydrogen-bond acceptors (Lipinski definition) is 2. The number of rotatable bonds is 3. The van der Waals surface area contributed by atoms with Crippen molar-refractivity contribution >= 4 is 11.8 Å². The maximum atomic E-state index is 13.0. The highest BCUT2D eigenvalue weighted by molar-refractivity contribution is 5.83. The zero-order chi connectivity index (χ0) is 16.8. The third-order valence-corrected chi connectivity index (χ3v) is 5.20. The summed E-state index contributed by atoms with van der Waals surface area (Å²) < 4.78 is 0. The molecule has 1 saturated heterocycles. The van der Waals surface area contributed by atoms with E-state index in [0.717, 1.165) is 70.0 Å². The number of hydrogen-bond donors (Lipinski definition) is 1. The molecule has 4 nitrogen and oxygen atoms in total. The Hall–Kier alpha value is -1.32. The van der Waals surface area contributed by atoms with Gasteiger partial charge < -0.3 is 10.2 Å². The van der Waals surface area contributed by atoms with Gasteiger partial charge in [-0.25, -0.2) is 0 Å². The van der Waals surface area contributed by atoms with Gasteiger partial charge in [0.15, 0.2) is 0 Å². The molecule has 2 aliphatic rings. The summed E-state index contributed by atoms with van der Waals surface area (Å²) in [6.45, 7) is 9.49. The summed E-state index contributed by atoms with van der Waals surface area (Å²) in [6, 6.07) is 0.0909. The monoisotopic (exact) mass is 320 g/mol. The summed E-state index contributed by atoms with van der Waals surface area (Å²) in [5, 5.41) is 3.08. The highest BCUT2D eigenvalue weighted by Crippen LogP contribution is 2.32. The van der Waals surface area contributed by atoms with E-state index in [0.29, 0.717) is 0 Å². The van der Waals surface area contributed by atoms with Crippen molar-refractivity contribution in [3.8, 4) is 0 Å². The van der Waals surface area contributed by atoms with Crippen molar-refractivity contribution < 1.29 is 9.59 Å². The molecule has 1 saturated carbocycles. The molecule has 3 atom stereocenters. The van der Waals surface area contributed by atoms with Gasteiger partial charge in [0.1, 0.15) is 0 Å². The first-order valence-corrected chi connectivity index (χ1v) is 9.23. The lowest BCUT2D eigenvalue weighted by Crippen LogP contribution is -2.49. The van der Waals surface area contributed by atoms with Crippen LogP contribution in [0.3, 0.4) is 0 Å². The zero-order valence-corrected chi connectivity index (χ0v) is 14.8. The summed E-state index contributed by atoms with van der Waals surface area (Å²) in [4.78, 5) is 27.5. The molecule has 0 spiro atoms. The molecule has 0 radical (unpaired) electrons. The third-order valence-electron chi connectivity index (χ3n) is 5.20. The van der Waals surface area contributed by atoms with E-state index >= 15 is 0 Å². The van der Waals surface area contributed by atoms with E-state index in [4.69, 9.17) is 0 Å². The van der Waals surface area contributed by atoms with Crippen LogP contribution in [0.4, 0.5) is 0 Å². The first-order valence-electron chi connectivity index (χ1n) is 9.23. The van der Waals surface area contributed by atoms with E-state index < -0.39 is 0 Å². The molecule has 1 heterocycles. The zero-order valence-electron chi connectivity index (χ0n) is 14.8. The number of nitrogens with one attached hydrogen (secondary N) is 1. The molecule has 1 aliphatic carbocycles. The highest BCUT2D eigenvalue weighted by atomic mass is 16.2. The van der Waals surface area contributed by atoms with Crippen molar-refractivity contribution in [1.29, 1.82) is 0 Å². The average Bonchev–Trinajstić information content (AvgIpc) is 2.96. The van der Waals surface area contributed by atoms with Gasteiger partial charge in [0.25, 0.3) is 0 Å². The molecule has 0 aromatic carbocycles. The molecule has 1 N–H and O–H groups in total. The molecular weight excluding hydrogens is 288 g/mol. The van der Waals surface area contributed by atoms with Crippen LogP contribution in [-0.4, -0.2) is 35.8 Å². The van der Waals surface area contributed by atoms with Crippen molar-refractivity contribution in [2.45, 2.75) is 71.3 Å². The van der Waals surface area contributed by atoms with E-state index in [-0.39, 0.29) is 29.7 Å². The van der Waals surface area contributed by atoms with Crippen molar-refractivity contribution in [3.63, 3.8) is 0 Å². The maximum Gasteiger partial charge on any atom is 0.225 e. The van der Waals surface area contributed by atoms with Gasteiger partial charge in [-0.1, -0.05) is 31.8 Å². The Morgan fingerprint density at radius 1 is 1.26 bits per heavy atom. The van der Waals surface area contributed by atoms with Crippen LogP contribution in [0.2, 0.25) is 0 Å². The van der Waals surface area contributed by atoms with Crippen LogP contribution in [-0.2, 0) is 9.59 Å². The van der Waals surface area contributed by atoms with Gasteiger partial charge in [-0.2, -0.15) is 0 Å². The quantitative estimate of drug-likeness (QED) is 0.811. The number of nitrogens with zero attached hydrogens (tertiary/aromatic N) is 1. The van der Waals surface area contributed by atoms with Gasteiger partial charge in [0.05, 0.1) is 5.92 Å². The predicted octanol–water partition coefficient (Wildman–Crippen LogP) is 3.28. The van der Waals surface area contributed by atoms with Crippen LogP contribution in [0, 0.1) is 11.8 Å². The first-order chi connectivity index (χ1) is 11.0. The lowest BCUT2D eigenvalue weighted by molar-refractivity contribution is -0.140. The van der Waals surface area contributed by atoms with E-state index in [1.165, 1.54) is 0 Å². The van der Waals surface area contributed by atoms with Gasteiger partial charge in [-0.3, -0.25) is 9.59 Å². The van der Waals surface area contributed by atoms with Gasteiger partial charge in [0, 0.05) is 25.0 Å². The van der Waals surface area contributed by atoms with E-state index in [1.54, 1.807) is 0 Å². The first kappa shape index (κ1) is 18.0. The Morgan fingerprint density at radius 2 is 2.00 bits per heavy atom. The summed E-state index contributed by atoms with van der Waals surface area (Å²) in [5.41, 5.74) is 1.05. The van der Waals surface area contributed by atoms with Crippen molar-refractivity contribution in [2.24, 2.45) is 11.8 Å². The molecule has 2 fully saturated rings. The van der Waals surface area contributed by atoms with Crippen LogP contribution >= 0.6 is 0 Å². The van der Waals surface area contributed by atoms with Crippen molar-refractivity contribution in [1.82, 2.24) is 10.2 Å². The Labute approximate surface area is 140 Å². The lowest BCUT2D eigenvalue weighted by atomic mass is 9.96. The van der Waals surface area contributed by atoms with Gasteiger partial charge in [0.2, 0.25) is 11.8 Å². The summed E-state index contributed by atoms with van der Waals surface area (Å²) >= 11 is 0. The standard InChI is InChI=1S/C19H32N2O2/c1-14(2)13-15(3)19(23)21-12-7-5-4-6-11-20-18(22)16-9-8-10-17(16)21/h15-17H,1,4-13H2,2-3H3,(H,20,22). The van der Waals surface area contributed by atoms with Gasteiger partial charge in [-0.05, 0) is 39.0 Å². The smallest absolute Gasteiger partial charge is 0.225 e. The molecular formula is C19H32N2O2. The number of carbonyl (C=O) groups is 2. The molecule has 23 heavy (non-hydrogen) atoms. The minimum atomic E-state index is -0.0399. The lowest BCUT2D eigenvalue weighted by Gasteiger charge is -2.34. The topological polar surface area (TPSA) is 49.4 Å². The van der Waals surface area contributed by atoms with Crippen molar-refractivity contribution in [2.75, 3.05) is 13.1 Å². The maximum absolute atomic E-state index is 13.0. The molecule has 3 unspecified atom stereocenters. The largest absolute Gasteiger partial charge is 0.356 e. The Bertz CT molecular complexity index is 447. The number of amides is 2. The van der Waals surface area contributed by atoms with Gasteiger partial charge >= 0.3 is 0 Å². The fraction of sp³-hybridized carbons (Fsp3) is 0.789. The highest BCUT2D eigenvalue weighted by Gasteiger charge is 2.39. The van der Waals surface area contributed by atoms with E-state index in [1.807, 2.05) is 18.7 Å². The average molecular weight is 320 g/mol. The molecule has 0 bridgehead atoms. The molecule has 4 heteroatoms. The minimum Gasteiger partial charge on any atom is -0.356 e. The van der Waals surface area contributed by atoms with Crippen LogP contribution < -0.4 is 5.32 Å². The van der Waals surface area contributed by atoms with Crippen LogP contribution in [0.1, 0.15) is 65.2 Å². The fourth-order valence-corrected chi connectivity index (χ4v) is 4.06. The Kier molecular flexibility index (Phi) is 6.67. The van der Waals surface area contributed by atoms with Crippen molar-refractivity contribution in [3.05, 3.63) is 12.2 Å². The SMILES string of the molecule is C=C(C)CC(C)C(=O)N1CCCCCCNC(=O)C2CCCC21. The Balaban J connectivity index is 2.15. The van der Waals surface area contributed by atoms with Gasteiger partial charge in [-0.15, -0.1) is 6.58 Å². The second-order valence-corrected chi connectivity index (χ2v) is 7.40. The number of fused-ring (bicyclic) bond motifs is 1. The second kappa shape index (κ2) is 8.51. The summed E-state index contributed by atoms with van der Waals surface area (Å²) in [7, 11) is 0. The third kappa shape index (κ3) is 4.82. The molecule has 1 aliphatic heterocycles. The minimum absolute atomic E-state index is 0.0194. The predicted molar refractivity (Wildman–Crippen MR) is 92.9 cm³/mol. The molecule has 2 rings (SSSR count). The normalized spacial score (nSPS) is 27.6. The molecule has 0 aromatic rings. The summed E-state index contributed by atoms with van der Waals surface area (Å²) in [5.74, 6) is 0.299. The van der Waals surface area contributed by atoms with E-state index in [9.17, 15) is 9.59 Å². The molecule has 0 aromatic heterocycles.